The van der Waals surface area contributed by atoms with Gasteiger partial charge in [0.2, 0.25) is 0 Å². The van der Waals surface area contributed by atoms with Gasteiger partial charge in [-0.25, -0.2) is 9.18 Å². The molecule has 1 aromatic carbocycles. The van der Waals surface area contributed by atoms with Crippen LogP contribution in [0.5, 0.6) is 0 Å². The summed E-state index contributed by atoms with van der Waals surface area (Å²) in [6.45, 7) is 10.5. The average Bonchev–Trinajstić information content (AvgIpc) is 2.67. The Balaban J connectivity index is 1.41. The second kappa shape index (κ2) is 9.41. The van der Waals surface area contributed by atoms with E-state index in [0.29, 0.717) is 17.3 Å². The highest BCUT2D eigenvalue weighted by molar-refractivity contribution is 5.68. The molecule has 7 heteroatoms. The predicted molar refractivity (Wildman–Crippen MR) is 119 cm³/mol. The summed E-state index contributed by atoms with van der Waals surface area (Å²) in [5, 5.41) is 0. The number of likely N-dealkylation sites (tertiary alicyclic amines) is 1. The summed E-state index contributed by atoms with van der Waals surface area (Å²) in [7, 11) is 1.85. The summed E-state index contributed by atoms with van der Waals surface area (Å²) in [5.74, 6) is 0.405. The number of hydrogen-bond donors (Lipinski definition) is 1. The van der Waals surface area contributed by atoms with Crippen molar-refractivity contribution in [3.8, 4) is 0 Å². The highest BCUT2D eigenvalue weighted by atomic mass is 19.1. The van der Waals surface area contributed by atoms with E-state index < -0.39 is 5.60 Å². The SMILES string of the molecule is CN(C(=O)OC(C)(C)C)C1CCN(CC2CCN(c3ccc(N)cc3F)CC2)CC1. The molecule has 0 atom stereocenters. The van der Waals surface area contributed by atoms with E-state index in [1.807, 2.05) is 27.8 Å². The number of piperidine rings is 2. The quantitative estimate of drug-likeness (QED) is 0.747. The number of hydrogen-bond acceptors (Lipinski definition) is 5. The van der Waals surface area contributed by atoms with E-state index >= 15 is 0 Å². The van der Waals surface area contributed by atoms with Gasteiger partial charge in [0.1, 0.15) is 11.4 Å². The highest BCUT2D eigenvalue weighted by Crippen LogP contribution is 2.28. The normalized spacial score (nSPS) is 19.7. The largest absolute Gasteiger partial charge is 0.444 e. The molecule has 2 heterocycles. The van der Waals surface area contributed by atoms with E-state index in [4.69, 9.17) is 10.5 Å². The minimum Gasteiger partial charge on any atom is -0.444 e. The van der Waals surface area contributed by atoms with Crippen LogP contribution in [0, 0.1) is 11.7 Å². The first kappa shape index (κ1) is 22.7. The van der Waals surface area contributed by atoms with Gasteiger partial charge in [0.05, 0.1) is 5.69 Å². The third-order valence-corrected chi connectivity index (χ3v) is 6.23. The molecule has 6 nitrogen and oxygen atoms in total. The van der Waals surface area contributed by atoms with Crippen molar-refractivity contribution in [2.45, 2.75) is 58.1 Å². The Bertz CT molecular complexity index is 720. The average molecular weight is 421 g/mol. The van der Waals surface area contributed by atoms with Gasteiger partial charge < -0.3 is 25.2 Å². The van der Waals surface area contributed by atoms with Gasteiger partial charge in [-0.1, -0.05) is 0 Å². The van der Waals surface area contributed by atoms with Crippen molar-refractivity contribution in [2.75, 3.05) is 50.4 Å². The van der Waals surface area contributed by atoms with Crippen LogP contribution in [0.15, 0.2) is 18.2 Å². The maximum absolute atomic E-state index is 14.2. The fourth-order valence-corrected chi connectivity index (χ4v) is 4.47. The van der Waals surface area contributed by atoms with Crippen molar-refractivity contribution in [2.24, 2.45) is 5.92 Å². The van der Waals surface area contributed by atoms with Gasteiger partial charge in [0, 0.05) is 51.5 Å². The van der Waals surface area contributed by atoms with Crippen molar-refractivity contribution < 1.29 is 13.9 Å². The Morgan fingerprint density at radius 3 is 2.37 bits per heavy atom. The Hall–Kier alpha value is -2.02. The lowest BCUT2D eigenvalue weighted by molar-refractivity contribution is 0.0144. The monoisotopic (exact) mass is 420 g/mol. The van der Waals surface area contributed by atoms with Crippen molar-refractivity contribution in [3.05, 3.63) is 24.0 Å². The number of nitrogens with two attached hydrogens (primary N) is 1. The van der Waals surface area contributed by atoms with E-state index in [1.54, 1.807) is 17.0 Å². The Kier molecular flexibility index (Phi) is 7.11. The Labute approximate surface area is 180 Å². The van der Waals surface area contributed by atoms with Gasteiger partial charge in [0.15, 0.2) is 0 Å². The minimum atomic E-state index is -0.462. The second-order valence-corrected chi connectivity index (χ2v) is 9.76. The summed E-state index contributed by atoms with van der Waals surface area (Å²) in [5.41, 5.74) is 6.33. The summed E-state index contributed by atoms with van der Waals surface area (Å²) in [6.07, 6.45) is 3.86. The lowest BCUT2D eigenvalue weighted by atomic mass is 9.94. The molecule has 0 unspecified atom stereocenters. The molecule has 0 aromatic heterocycles. The Morgan fingerprint density at radius 2 is 1.80 bits per heavy atom. The van der Waals surface area contributed by atoms with E-state index in [0.717, 1.165) is 58.4 Å². The number of rotatable bonds is 4. The molecule has 1 aromatic rings. The molecule has 0 bridgehead atoms. The molecule has 30 heavy (non-hydrogen) atoms. The molecule has 3 rings (SSSR count). The number of ether oxygens (including phenoxy) is 1. The van der Waals surface area contributed by atoms with Crippen molar-refractivity contribution in [1.82, 2.24) is 9.80 Å². The zero-order valence-electron chi connectivity index (χ0n) is 18.9. The number of nitrogens with zero attached hydrogens (tertiary/aromatic N) is 3. The maximum Gasteiger partial charge on any atom is 0.410 e. The van der Waals surface area contributed by atoms with Crippen LogP contribution in [-0.4, -0.2) is 67.3 Å². The van der Waals surface area contributed by atoms with Crippen molar-refractivity contribution in [3.63, 3.8) is 0 Å². The fourth-order valence-electron chi connectivity index (χ4n) is 4.47. The molecule has 2 saturated heterocycles. The smallest absolute Gasteiger partial charge is 0.410 e. The molecule has 2 fully saturated rings. The van der Waals surface area contributed by atoms with Crippen molar-refractivity contribution in [1.29, 1.82) is 0 Å². The summed E-state index contributed by atoms with van der Waals surface area (Å²) in [6, 6.07) is 5.20. The van der Waals surface area contributed by atoms with Gasteiger partial charge in [-0.2, -0.15) is 0 Å². The van der Waals surface area contributed by atoms with Gasteiger partial charge in [-0.3, -0.25) is 0 Å². The van der Waals surface area contributed by atoms with E-state index in [1.165, 1.54) is 6.07 Å². The van der Waals surface area contributed by atoms with E-state index in [2.05, 4.69) is 9.80 Å². The van der Waals surface area contributed by atoms with Crippen LogP contribution in [-0.2, 0) is 4.74 Å². The van der Waals surface area contributed by atoms with Crippen LogP contribution >= 0.6 is 0 Å². The van der Waals surface area contributed by atoms with E-state index in [9.17, 15) is 9.18 Å². The zero-order chi connectivity index (χ0) is 21.9. The number of nitrogen functional groups attached to an aromatic ring is 1. The highest BCUT2D eigenvalue weighted by Gasteiger charge is 2.30. The predicted octanol–water partition coefficient (Wildman–Crippen LogP) is 3.96. The molecular weight excluding hydrogens is 383 g/mol. The first-order chi connectivity index (χ1) is 14.1. The van der Waals surface area contributed by atoms with Crippen LogP contribution < -0.4 is 10.6 Å². The molecule has 2 aliphatic heterocycles. The topological polar surface area (TPSA) is 62.0 Å². The van der Waals surface area contributed by atoms with Gasteiger partial charge in [0.25, 0.3) is 0 Å². The van der Waals surface area contributed by atoms with Crippen LogP contribution in [0.25, 0.3) is 0 Å². The summed E-state index contributed by atoms with van der Waals surface area (Å²) in [4.78, 5) is 18.7. The molecule has 2 N–H and O–H groups in total. The van der Waals surface area contributed by atoms with Gasteiger partial charge in [-0.15, -0.1) is 0 Å². The molecule has 0 saturated carbocycles. The first-order valence-electron chi connectivity index (χ1n) is 11.1. The first-order valence-corrected chi connectivity index (χ1v) is 11.1. The lowest BCUT2D eigenvalue weighted by Gasteiger charge is -2.40. The van der Waals surface area contributed by atoms with Crippen LogP contribution in [0.4, 0.5) is 20.6 Å². The van der Waals surface area contributed by atoms with Gasteiger partial charge in [-0.05, 0) is 70.6 Å². The molecule has 2 aliphatic rings. The van der Waals surface area contributed by atoms with Crippen molar-refractivity contribution >= 4 is 17.5 Å². The molecule has 0 spiro atoms. The number of carbonyl (C=O) groups excluding carboxylic acids is 1. The lowest BCUT2D eigenvalue weighted by Crippen LogP contribution is -2.48. The number of benzene rings is 1. The van der Waals surface area contributed by atoms with Crippen LogP contribution in [0.2, 0.25) is 0 Å². The maximum atomic E-state index is 14.2. The van der Waals surface area contributed by atoms with E-state index in [-0.39, 0.29) is 18.0 Å². The zero-order valence-corrected chi connectivity index (χ0v) is 18.9. The Morgan fingerprint density at radius 1 is 1.17 bits per heavy atom. The molecule has 1 amide bonds. The second-order valence-electron chi connectivity index (χ2n) is 9.76. The minimum absolute atomic E-state index is 0.232. The third kappa shape index (κ3) is 6.00. The van der Waals surface area contributed by atoms with Crippen LogP contribution in [0.3, 0.4) is 0 Å². The molecule has 168 valence electrons. The standard InChI is InChI=1S/C23H37FN4O2/c1-23(2,3)30-22(29)26(4)19-9-11-27(12-10-19)16-17-7-13-28(14-8-17)21-6-5-18(25)15-20(21)24/h5-6,15,17,19H,7-14,16,25H2,1-4H3. The third-order valence-electron chi connectivity index (χ3n) is 6.23. The number of carbonyl (C=O) groups is 1. The van der Waals surface area contributed by atoms with Gasteiger partial charge >= 0.3 is 6.09 Å². The fraction of sp³-hybridized carbons (Fsp3) is 0.696. The molecular formula is C23H37FN4O2. The van der Waals surface area contributed by atoms with Crippen LogP contribution in [0.1, 0.15) is 46.5 Å². The summed E-state index contributed by atoms with van der Waals surface area (Å²) < 4.78 is 19.7. The summed E-state index contributed by atoms with van der Waals surface area (Å²) >= 11 is 0. The molecule has 0 aliphatic carbocycles. The number of halogens is 1. The molecule has 0 radical (unpaired) electrons. The number of amides is 1. The number of anilines is 2.